The molecule has 2 aliphatic heterocycles. The molecule has 6 heteroatoms. The normalized spacial score (nSPS) is 24.4. The summed E-state index contributed by atoms with van der Waals surface area (Å²) in [6.07, 6.45) is 12.8. The lowest BCUT2D eigenvalue weighted by atomic mass is 9.85. The molecule has 3 fully saturated rings. The molecule has 2 unspecified atom stereocenters. The molecule has 0 spiro atoms. The number of carbonyl (C=O) groups excluding carboxylic acids is 1. The number of aldehydes is 1. The van der Waals surface area contributed by atoms with E-state index in [4.69, 9.17) is 9.97 Å². The lowest BCUT2D eigenvalue weighted by Crippen LogP contribution is -2.57. The summed E-state index contributed by atoms with van der Waals surface area (Å²) in [6, 6.07) is 1.10. The number of hydrogen-bond acceptors (Lipinski definition) is 6. The van der Waals surface area contributed by atoms with Crippen molar-refractivity contribution in [2.75, 3.05) is 24.5 Å². The van der Waals surface area contributed by atoms with E-state index in [-0.39, 0.29) is 0 Å². The van der Waals surface area contributed by atoms with Crippen molar-refractivity contribution >= 4 is 12.2 Å². The summed E-state index contributed by atoms with van der Waals surface area (Å²) >= 11 is 0. The molecule has 3 aliphatic rings. The van der Waals surface area contributed by atoms with E-state index in [1.54, 1.807) is 0 Å². The lowest BCUT2D eigenvalue weighted by molar-refractivity contribution is -0.107. The van der Waals surface area contributed by atoms with Gasteiger partial charge in [-0.2, -0.15) is 0 Å². The Hall–Kier alpha value is -1.53. The predicted molar refractivity (Wildman–Crippen MR) is 120 cm³/mol. The summed E-state index contributed by atoms with van der Waals surface area (Å²) in [7, 11) is 0. The van der Waals surface area contributed by atoms with Gasteiger partial charge in [0.15, 0.2) is 0 Å². The SMILES string of the molecule is CC.CC(C)N1CC2CNC(C1)N2c1ncc(C2CCCCC2)cn1.CCC=O. The van der Waals surface area contributed by atoms with Crippen molar-refractivity contribution in [3.8, 4) is 0 Å². The molecule has 1 N–H and O–H groups in total. The van der Waals surface area contributed by atoms with Gasteiger partial charge in [-0.3, -0.25) is 10.2 Å². The highest BCUT2D eigenvalue weighted by Gasteiger charge is 2.41. The van der Waals surface area contributed by atoms with Gasteiger partial charge < -0.3 is 9.69 Å². The zero-order valence-corrected chi connectivity index (χ0v) is 19.1. The maximum Gasteiger partial charge on any atom is 0.226 e. The molecule has 1 aromatic heterocycles. The van der Waals surface area contributed by atoms with Crippen molar-refractivity contribution < 1.29 is 4.79 Å². The number of rotatable bonds is 4. The van der Waals surface area contributed by atoms with Crippen LogP contribution in [0.2, 0.25) is 0 Å². The molecule has 29 heavy (non-hydrogen) atoms. The van der Waals surface area contributed by atoms with Gasteiger partial charge in [0.2, 0.25) is 5.95 Å². The Labute approximate surface area is 177 Å². The Morgan fingerprint density at radius 3 is 2.28 bits per heavy atom. The van der Waals surface area contributed by atoms with Gasteiger partial charge in [0.05, 0.1) is 12.2 Å². The van der Waals surface area contributed by atoms with E-state index in [1.807, 2.05) is 20.8 Å². The van der Waals surface area contributed by atoms with Crippen LogP contribution in [0.5, 0.6) is 0 Å². The van der Waals surface area contributed by atoms with E-state index in [0.29, 0.717) is 30.6 Å². The van der Waals surface area contributed by atoms with Gasteiger partial charge in [-0.1, -0.05) is 40.0 Å². The first-order chi connectivity index (χ1) is 14.1. The monoisotopic (exact) mass is 403 g/mol. The molecule has 3 heterocycles. The van der Waals surface area contributed by atoms with Crippen molar-refractivity contribution in [2.24, 2.45) is 0 Å². The Bertz CT molecular complexity index is 571. The van der Waals surface area contributed by atoms with E-state index in [9.17, 15) is 4.79 Å². The molecule has 1 saturated carbocycles. The summed E-state index contributed by atoms with van der Waals surface area (Å²) in [6.45, 7) is 13.6. The summed E-state index contributed by atoms with van der Waals surface area (Å²) < 4.78 is 0. The van der Waals surface area contributed by atoms with E-state index in [2.05, 4.69) is 41.4 Å². The zero-order chi connectivity index (χ0) is 21.2. The third-order valence-electron chi connectivity index (χ3n) is 6.03. The van der Waals surface area contributed by atoms with Crippen molar-refractivity contribution in [2.45, 2.75) is 97.3 Å². The quantitative estimate of drug-likeness (QED) is 0.768. The van der Waals surface area contributed by atoms with E-state index in [0.717, 1.165) is 31.9 Å². The fourth-order valence-electron chi connectivity index (χ4n) is 4.43. The van der Waals surface area contributed by atoms with E-state index < -0.39 is 0 Å². The number of fused-ring (bicyclic) bond motifs is 2. The minimum atomic E-state index is 0.358. The van der Waals surface area contributed by atoms with Gasteiger partial charge in [-0.25, -0.2) is 9.97 Å². The van der Waals surface area contributed by atoms with Crippen LogP contribution < -0.4 is 10.2 Å². The molecule has 164 valence electrons. The largest absolute Gasteiger partial charge is 0.318 e. The molecule has 4 rings (SSSR count). The number of nitrogens with zero attached hydrogens (tertiary/aromatic N) is 4. The van der Waals surface area contributed by atoms with Crippen LogP contribution in [-0.2, 0) is 4.79 Å². The Balaban J connectivity index is 0.000000449. The molecule has 2 bridgehead atoms. The number of hydrogen-bond donors (Lipinski definition) is 1. The fraction of sp³-hybridized carbons (Fsp3) is 0.783. The van der Waals surface area contributed by atoms with Crippen LogP contribution in [0, 0.1) is 0 Å². The highest BCUT2D eigenvalue weighted by molar-refractivity contribution is 5.48. The predicted octanol–water partition coefficient (Wildman–Crippen LogP) is 3.97. The van der Waals surface area contributed by atoms with Crippen LogP contribution in [0.1, 0.15) is 84.6 Å². The number of aromatic nitrogens is 2. The minimum Gasteiger partial charge on any atom is -0.318 e. The second kappa shape index (κ2) is 12.2. The Kier molecular flexibility index (Phi) is 10.0. The first-order valence-electron chi connectivity index (χ1n) is 11.6. The lowest BCUT2D eigenvalue weighted by Gasteiger charge is -2.41. The molecular formula is C23H41N5O. The van der Waals surface area contributed by atoms with Crippen LogP contribution in [0.4, 0.5) is 5.95 Å². The average molecular weight is 404 g/mol. The van der Waals surface area contributed by atoms with Gasteiger partial charge >= 0.3 is 0 Å². The van der Waals surface area contributed by atoms with E-state index in [1.165, 1.54) is 37.7 Å². The van der Waals surface area contributed by atoms with Crippen molar-refractivity contribution in [3.63, 3.8) is 0 Å². The molecule has 6 nitrogen and oxygen atoms in total. The molecule has 0 aromatic carbocycles. The fourth-order valence-corrected chi connectivity index (χ4v) is 4.43. The second-order valence-corrected chi connectivity index (χ2v) is 8.26. The number of carbonyl (C=O) groups is 1. The van der Waals surface area contributed by atoms with Crippen LogP contribution in [-0.4, -0.2) is 59.0 Å². The highest BCUT2D eigenvalue weighted by atomic mass is 16.1. The Morgan fingerprint density at radius 1 is 1.14 bits per heavy atom. The van der Waals surface area contributed by atoms with Crippen LogP contribution in [0.25, 0.3) is 0 Å². The van der Waals surface area contributed by atoms with Gasteiger partial charge in [0, 0.05) is 44.5 Å². The first kappa shape index (κ1) is 23.7. The molecule has 0 radical (unpaired) electrons. The van der Waals surface area contributed by atoms with Crippen LogP contribution >= 0.6 is 0 Å². The summed E-state index contributed by atoms with van der Waals surface area (Å²) in [4.78, 5) is 23.6. The van der Waals surface area contributed by atoms with Crippen molar-refractivity contribution in [1.29, 1.82) is 0 Å². The smallest absolute Gasteiger partial charge is 0.226 e. The van der Waals surface area contributed by atoms with Crippen LogP contribution in [0.3, 0.4) is 0 Å². The third kappa shape index (κ3) is 6.22. The molecule has 2 saturated heterocycles. The van der Waals surface area contributed by atoms with E-state index >= 15 is 0 Å². The molecule has 1 aromatic rings. The van der Waals surface area contributed by atoms with Gasteiger partial charge in [-0.05, 0) is 38.2 Å². The second-order valence-electron chi connectivity index (χ2n) is 8.26. The maximum atomic E-state index is 9.17. The Morgan fingerprint density at radius 2 is 1.76 bits per heavy atom. The number of nitrogens with one attached hydrogen (secondary N) is 1. The van der Waals surface area contributed by atoms with Crippen molar-refractivity contribution in [1.82, 2.24) is 20.2 Å². The zero-order valence-electron chi connectivity index (χ0n) is 19.1. The standard InChI is InChI=1S/C18H29N5.C3H6O.C2H6/c1-13(2)22-11-16-10-19-17(12-22)23(16)18-20-8-15(9-21-18)14-6-4-3-5-7-14;1-2-3-4;1-2/h8-9,13-14,16-17,19H,3-7,10-12H2,1-2H3;3H,2H2,1H3;1-2H3. The average Bonchev–Trinajstić information content (AvgIpc) is 3.04. The number of anilines is 1. The molecule has 0 amide bonds. The summed E-state index contributed by atoms with van der Waals surface area (Å²) in [5.74, 6) is 1.60. The first-order valence-corrected chi connectivity index (χ1v) is 11.6. The van der Waals surface area contributed by atoms with Crippen LogP contribution in [0.15, 0.2) is 12.4 Å². The molecule has 1 aliphatic carbocycles. The summed E-state index contributed by atoms with van der Waals surface area (Å²) in [5.41, 5.74) is 1.34. The topological polar surface area (TPSA) is 61.4 Å². The number of piperazine rings is 1. The third-order valence-corrected chi connectivity index (χ3v) is 6.03. The van der Waals surface area contributed by atoms with Crippen molar-refractivity contribution in [3.05, 3.63) is 18.0 Å². The summed E-state index contributed by atoms with van der Waals surface area (Å²) in [5, 5.41) is 3.63. The van der Waals surface area contributed by atoms with Gasteiger partial charge in [-0.15, -0.1) is 0 Å². The maximum absolute atomic E-state index is 9.17. The molecule has 2 atom stereocenters. The highest BCUT2D eigenvalue weighted by Crippen LogP contribution is 2.33. The van der Waals surface area contributed by atoms with Gasteiger partial charge in [0.1, 0.15) is 6.29 Å². The minimum absolute atomic E-state index is 0.358. The van der Waals surface area contributed by atoms with Gasteiger partial charge in [0.25, 0.3) is 0 Å². The molecular weight excluding hydrogens is 362 g/mol.